The zero-order valence-corrected chi connectivity index (χ0v) is 20.5. The van der Waals surface area contributed by atoms with Crippen molar-refractivity contribution in [3.63, 3.8) is 0 Å². The standard InChI is InChI=1S/C25H27FN4O4S/c1-4-20(18-10-6-8-12-21(18)34-14-23(32)30(2)3)28-22(31)13-16-15-35-25(27-16)29-24(33)17-9-5-7-11-19(17)26/h5-12,15,20H,4,13-14H2,1-3H3,(H,28,31)(H,27,29,33). The van der Waals surface area contributed by atoms with Gasteiger partial charge in [-0.25, -0.2) is 9.37 Å². The van der Waals surface area contributed by atoms with E-state index in [2.05, 4.69) is 15.6 Å². The summed E-state index contributed by atoms with van der Waals surface area (Å²) in [6, 6.07) is 12.6. The molecule has 0 radical (unpaired) electrons. The Balaban J connectivity index is 1.61. The van der Waals surface area contributed by atoms with E-state index in [9.17, 15) is 18.8 Å². The average molecular weight is 499 g/mol. The molecule has 1 unspecified atom stereocenters. The first-order valence-corrected chi connectivity index (χ1v) is 11.9. The van der Waals surface area contributed by atoms with Crippen LogP contribution in [0.15, 0.2) is 53.9 Å². The number of benzene rings is 2. The number of carbonyl (C=O) groups is 3. The Kier molecular flexibility index (Phi) is 8.91. The Hall–Kier alpha value is -3.79. The van der Waals surface area contributed by atoms with Crippen LogP contribution >= 0.6 is 11.3 Å². The van der Waals surface area contributed by atoms with Crippen LogP contribution < -0.4 is 15.4 Å². The number of likely N-dealkylation sites (N-methyl/N-ethyl adjacent to an activating group) is 1. The third-order valence-corrected chi connectivity index (χ3v) is 5.93. The highest BCUT2D eigenvalue weighted by Crippen LogP contribution is 2.27. The first kappa shape index (κ1) is 25.8. The van der Waals surface area contributed by atoms with E-state index in [1.165, 1.54) is 23.1 Å². The van der Waals surface area contributed by atoms with Gasteiger partial charge in [-0.2, -0.15) is 0 Å². The maximum absolute atomic E-state index is 13.8. The zero-order chi connectivity index (χ0) is 25.4. The largest absolute Gasteiger partial charge is 0.483 e. The fourth-order valence-corrected chi connectivity index (χ4v) is 3.94. The summed E-state index contributed by atoms with van der Waals surface area (Å²) in [5, 5.41) is 7.48. The van der Waals surface area contributed by atoms with Crippen molar-refractivity contribution < 1.29 is 23.5 Å². The summed E-state index contributed by atoms with van der Waals surface area (Å²) in [5.74, 6) is -1.13. The van der Waals surface area contributed by atoms with Crippen LogP contribution in [0.5, 0.6) is 5.75 Å². The highest BCUT2D eigenvalue weighted by Gasteiger charge is 2.19. The van der Waals surface area contributed by atoms with Gasteiger partial charge in [0.05, 0.1) is 23.7 Å². The number of nitrogens with one attached hydrogen (secondary N) is 2. The first-order chi connectivity index (χ1) is 16.8. The van der Waals surface area contributed by atoms with Gasteiger partial charge in [0.1, 0.15) is 11.6 Å². The third-order valence-electron chi connectivity index (χ3n) is 5.12. The topological polar surface area (TPSA) is 101 Å². The van der Waals surface area contributed by atoms with E-state index in [0.29, 0.717) is 17.9 Å². The number of carbonyl (C=O) groups excluding carboxylic acids is 3. The van der Waals surface area contributed by atoms with Gasteiger partial charge in [-0.3, -0.25) is 19.7 Å². The van der Waals surface area contributed by atoms with Crippen molar-refractivity contribution in [3.05, 3.63) is 76.5 Å². The Bertz CT molecular complexity index is 1200. The van der Waals surface area contributed by atoms with Crippen LogP contribution in [-0.4, -0.2) is 48.3 Å². The molecular formula is C25H27FN4O4S. The van der Waals surface area contributed by atoms with Crippen LogP contribution in [0.3, 0.4) is 0 Å². The van der Waals surface area contributed by atoms with Crippen LogP contribution in [-0.2, 0) is 16.0 Å². The van der Waals surface area contributed by atoms with Gasteiger partial charge >= 0.3 is 0 Å². The molecule has 10 heteroatoms. The molecule has 0 aliphatic carbocycles. The van der Waals surface area contributed by atoms with Gasteiger partial charge < -0.3 is 15.0 Å². The highest BCUT2D eigenvalue weighted by atomic mass is 32.1. The lowest BCUT2D eigenvalue weighted by Gasteiger charge is -2.21. The second-order valence-corrected chi connectivity index (χ2v) is 8.76. The summed E-state index contributed by atoms with van der Waals surface area (Å²) < 4.78 is 19.5. The van der Waals surface area contributed by atoms with Gasteiger partial charge in [-0.1, -0.05) is 37.3 Å². The number of thiazole rings is 1. The van der Waals surface area contributed by atoms with E-state index in [1.54, 1.807) is 37.7 Å². The minimum Gasteiger partial charge on any atom is -0.483 e. The molecular weight excluding hydrogens is 471 g/mol. The number of para-hydroxylation sites is 1. The Morgan fingerprint density at radius 2 is 1.83 bits per heavy atom. The molecule has 0 fully saturated rings. The summed E-state index contributed by atoms with van der Waals surface area (Å²) in [6.45, 7) is 1.83. The van der Waals surface area contributed by atoms with Crippen LogP contribution in [0.4, 0.5) is 9.52 Å². The van der Waals surface area contributed by atoms with Gasteiger partial charge in [0.2, 0.25) is 5.91 Å². The SMILES string of the molecule is CCC(NC(=O)Cc1csc(NC(=O)c2ccccc2F)n1)c1ccccc1OCC(=O)N(C)C. The van der Waals surface area contributed by atoms with Gasteiger partial charge in [-0.05, 0) is 24.6 Å². The lowest BCUT2D eigenvalue weighted by molar-refractivity contribution is -0.130. The summed E-state index contributed by atoms with van der Waals surface area (Å²) in [6.07, 6.45) is 0.611. The van der Waals surface area contributed by atoms with Crippen molar-refractivity contribution in [3.8, 4) is 5.75 Å². The molecule has 3 rings (SSSR count). The molecule has 3 amide bonds. The molecule has 2 aromatic carbocycles. The fraction of sp³-hybridized carbons (Fsp3) is 0.280. The number of amides is 3. The number of anilines is 1. The van der Waals surface area contributed by atoms with E-state index in [0.717, 1.165) is 16.9 Å². The molecule has 2 N–H and O–H groups in total. The molecule has 1 aromatic heterocycles. The Morgan fingerprint density at radius 1 is 1.11 bits per heavy atom. The van der Waals surface area contributed by atoms with Crippen LogP contribution in [0.1, 0.15) is 41.0 Å². The van der Waals surface area contributed by atoms with Crippen molar-refractivity contribution >= 4 is 34.2 Å². The summed E-state index contributed by atoms with van der Waals surface area (Å²) in [5.41, 5.74) is 1.17. The van der Waals surface area contributed by atoms with Crippen molar-refractivity contribution in [1.82, 2.24) is 15.2 Å². The van der Waals surface area contributed by atoms with Crippen molar-refractivity contribution in [1.29, 1.82) is 0 Å². The monoisotopic (exact) mass is 498 g/mol. The average Bonchev–Trinajstić information content (AvgIpc) is 3.27. The van der Waals surface area contributed by atoms with E-state index < -0.39 is 11.7 Å². The van der Waals surface area contributed by atoms with E-state index in [-0.39, 0.29) is 41.6 Å². The molecule has 0 aliphatic heterocycles. The molecule has 0 saturated carbocycles. The van der Waals surface area contributed by atoms with Gasteiger partial charge in [0.15, 0.2) is 11.7 Å². The normalized spacial score (nSPS) is 11.4. The van der Waals surface area contributed by atoms with Crippen molar-refractivity contribution in [2.75, 3.05) is 26.0 Å². The predicted molar refractivity (Wildman–Crippen MR) is 132 cm³/mol. The summed E-state index contributed by atoms with van der Waals surface area (Å²) in [7, 11) is 3.31. The van der Waals surface area contributed by atoms with E-state index >= 15 is 0 Å². The minimum atomic E-state index is -0.623. The number of hydrogen-bond acceptors (Lipinski definition) is 6. The lowest BCUT2D eigenvalue weighted by atomic mass is 10.0. The van der Waals surface area contributed by atoms with Crippen LogP contribution in [0, 0.1) is 5.82 Å². The lowest BCUT2D eigenvalue weighted by Crippen LogP contribution is -2.31. The van der Waals surface area contributed by atoms with E-state index in [1.807, 2.05) is 19.1 Å². The van der Waals surface area contributed by atoms with Gasteiger partial charge in [0, 0.05) is 25.0 Å². The van der Waals surface area contributed by atoms with Crippen molar-refractivity contribution in [2.24, 2.45) is 0 Å². The number of rotatable bonds is 10. The summed E-state index contributed by atoms with van der Waals surface area (Å²) in [4.78, 5) is 42.6. The molecule has 8 nitrogen and oxygen atoms in total. The molecule has 0 spiro atoms. The fourth-order valence-electron chi connectivity index (χ4n) is 3.23. The van der Waals surface area contributed by atoms with Crippen LogP contribution in [0.25, 0.3) is 0 Å². The quantitative estimate of drug-likeness (QED) is 0.443. The number of ether oxygens (including phenoxy) is 1. The Morgan fingerprint density at radius 3 is 2.54 bits per heavy atom. The maximum Gasteiger partial charge on any atom is 0.260 e. The van der Waals surface area contributed by atoms with Crippen LogP contribution in [0.2, 0.25) is 0 Å². The zero-order valence-electron chi connectivity index (χ0n) is 19.7. The smallest absolute Gasteiger partial charge is 0.260 e. The highest BCUT2D eigenvalue weighted by molar-refractivity contribution is 7.14. The first-order valence-electron chi connectivity index (χ1n) is 11.0. The molecule has 1 atom stereocenters. The second kappa shape index (κ2) is 12.1. The molecule has 184 valence electrons. The number of nitrogens with zero attached hydrogens (tertiary/aromatic N) is 2. The number of aromatic nitrogens is 1. The van der Waals surface area contributed by atoms with Gasteiger partial charge in [0.25, 0.3) is 11.8 Å². The molecule has 0 aliphatic rings. The van der Waals surface area contributed by atoms with Gasteiger partial charge in [-0.15, -0.1) is 11.3 Å². The molecule has 0 bridgehead atoms. The van der Waals surface area contributed by atoms with E-state index in [4.69, 9.17) is 4.74 Å². The molecule has 1 heterocycles. The number of halogens is 1. The molecule has 35 heavy (non-hydrogen) atoms. The second-order valence-electron chi connectivity index (χ2n) is 7.90. The predicted octanol–water partition coefficient (Wildman–Crippen LogP) is 3.81. The number of hydrogen-bond donors (Lipinski definition) is 2. The Labute approximate surface area is 207 Å². The maximum atomic E-state index is 13.8. The van der Waals surface area contributed by atoms with Crippen molar-refractivity contribution in [2.45, 2.75) is 25.8 Å². The summed E-state index contributed by atoms with van der Waals surface area (Å²) >= 11 is 1.15. The molecule has 0 saturated heterocycles. The third kappa shape index (κ3) is 7.10. The molecule has 3 aromatic rings. The minimum absolute atomic E-state index is 0.00467.